The SMILES string of the molecule is Cc1cc(C)cc(C(O)C(C)CC(=O)O)c1. The number of carboxylic acid groups (broad SMARTS) is 1. The third-order valence-corrected chi connectivity index (χ3v) is 2.62. The van der Waals surface area contributed by atoms with Crippen molar-refractivity contribution in [1.29, 1.82) is 0 Å². The van der Waals surface area contributed by atoms with Crippen molar-refractivity contribution >= 4 is 5.97 Å². The van der Waals surface area contributed by atoms with E-state index in [0.29, 0.717) is 0 Å². The summed E-state index contributed by atoms with van der Waals surface area (Å²) < 4.78 is 0. The maximum absolute atomic E-state index is 10.6. The second-order valence-corrected chi connectivity index (χ2v) is 4.44. The van der Waals surface area contributed by atoms with Gasteiger partial charge in [-0.1, -0.05) is 36.2 Å². The van der Waals surface area contributed by atoms with Crippen LogP contribution in [0.5, 0.6) is 0 Å². The lowest BCUT2D eigenvalue weighted by Gasteiger charge is -2.18. The predicted molar refractivity (Wildman–Crippen MR) is 62.3 cm³/mol. The summed E-state index contributed by atoms with van der Waals surface area (Å²) in [5, 5.41) is 18.7. The van der Waals surface area contributed by atoms with Gasteiger partial charge in [-0.3, -0.25) is 4.79 Å². The average molecular weight is 222 g/mol. The molecule has 0 aromatic heterocycles. The number of carbonyl (C=O) groups is 1. The van der Waals surface area contributed by atoms with Gasteiger partial charge in [0.05, 0.1) is 12.5 Å². The summed E-state index contributed by atoms with van der Waals surface area (Å²) in [6.45, 7) is 5.67. The Morgan fingerprint density at radius 1 is 1.25 bits per heavy atom. The fraction of sp³-hybridized carbons (Fsp3) is 0.462. The Bertz CT molecular complexity index is 365. The van der Waals surface area contributed by atoms with Gasteiger partial charge in [0, 0.05) is 0 Å². The second kappa shape index (κ2) is 5.12. The van der Waals surface area contributed by atoms with Gasteiger partial charge >= 0.3 is 5.97 Å². The normalized spacial score (nSPS) is 14.5. The topological polar surface area (TPSA) is 57.5 Å². The average Bonchev–Trinajstić information content (AvgIpc) is 2.13. The zero-order chi connectivity index (χ0) is 12.3. The molecule has 3 heteroatoms. The monoisotopic (exact) mass is 222 g/mol. The van der Waals surface area contributed by atoms with E-state index in [1.54, 1.807) is 6.92 Å². The molecule has 0 fully saturated rings. The zero-order valence-electron chi connectivity index (χ0n) is 9.90. The van der Waals surface area contributed by atoms with Gasteiger partial charge in [-0.15, -0.1) is 0 Å². The van der Waals surface area contributed by atoms with E-state index in [1.165, 1.54) is 0 Å². The summed E-state index contributed by atoms with van der Waals surface area (Å²) >= 11 is 0. The molecule has 0 bridgehead atoms. The third kappa shape index (κ3) is 3.35. The van der Waals surface area contributed by atoms with Crippen molar-refractivity contribution in [2.45, 2.75) is 33.3 Å². The van der Waals surface area contributed by atoms with Crippen LogP contribution in [0.1, 0.15) is 36.1 Å². The second-order valence-electron chi connectivity index (χ2n) is 4.44. The first-order valence-corrected chi connectivity index (χ1v) is 5.38. The number of hydrogen-bond acceptors (Lipinski definition) is 2. The van der Waals surface area contributed by atoms with Gasteiger partial charge in [-0.25, -0.2) is 0 Å². The molecule has 0 saturated carbocycles. The Kier molecular flexibility index (Phi) is 4.07. The Hall–Kier alpha value is -1.35. The molecule has 0 saturated heterocycles. The molecule has 16 heavy (non-hydrogen) atoms. The lowest BCUT2D eigenvalue weighted by Crippen LogP contribution is -2.13. The summed E-state index contributed by atoms with van der Waals surface area (Å²) in [7, 11) is 0. The van der Waals surface area contributed by atoms with Crippen LogP contribution in [-0.4, -0.2) is 16.2 Å². The smallest absolute Gasteiger partial charge is 0.303 e. The quantitative estimate of drug-likeness (QED) is 0.822. The van der Waals surface area contributed by atoms with Gasteiger partial charge in [-0.05, 0) is 25.3 Å². The van der Waals surface area contributed by atoms with Crippen LogP contribution in [0, 0.1) is 19.8 Å². The molecule has 3 nitrogen and oxygen atoms in total. The van der Waals surface area contributed by atoms with Gasteiger partial charge in [0.15, 0.2) is 0 Å². The molecule has 0 aliphatic rings. The first kappa shape index (κ1) is 12.7. The summed E-state index contributed by atoms with van der Waals surface area (Å²) in [4.78, 5) is 10.6. The summed E-state index contributed by atoms with van der Waals surface area (Å²) in [5.74, 6) is -1.16. The number of carboxylic acids is 1. The van der Waals surface area contributed by atoms with E-state index >= 15 is 0 Å². The number of rotatable bonds is 4. The number of aryl methyl sites for hydroxylation is 2. The minimum absolute atomic E-state index is 0.0197. The van der Waals surface area contributed by atoms with E-state index in [-0.39, 0.29) is 12.3 Å². The van der Waals surface area contributed by atoms with Crippen LogP contribution in [-0.2, 0) is 4.79 Å². The molecule has 1 aromatic carbocycles. The number of aliphatic carboxylic acids is 1. The van der Waals surface area contributed by atoms with Crippen molar-refractivity contribution < 1.29 is 15.0 Å². The van der Waals surface area contributed by atoms with Gasteiger partial charge in [0.25, 0.3) is 0 Å². The molecule has 0 spiro atoms. The summed E-state index contributed by atoms with van der Waals surface area (Å²) in [6, 6.07) is 5.82. The Morgan fingerprint density at radius 2 is 1.75 bits per heavy atom. The maximum atomic E-state index is 10.6. The summed E-state index contributed by atoms with van der Waals surface area (Å²) in [6.07, 6.45) is -0.733. The molecule has 0 aliphatic carbocycles. The lowest BCUT2D eigenvalue weighted by atomic mass is 9.93. The van der Waals surface area contributed by atoms with E-state index in [4.69, 9.17) is 5.11 Å². The largest absolute Gasteiger partial charge is 0.481 e. The Balaban J connectivity index is 2.86. The number of benzene rings is 1. The van der Waals surface area contributed by atoms with Crippen LogP contribution in [0.15, 0.2) is 18.2 Å². The molecule has 1 aromatic rings. The summed E-state index contributed by atoms with van der Waals surface area (Å²) in [5.41, 5.74) is 2.96. The maximum Gasteiger partial charge on any atom is 0.303 e. The molecule has 0 aliphatic heterocycles. The van der Waals surface area contributed by atoms with E-state index in [1.807, 2.05) is 32.0 Å². The molecule has 88 valence electrons. The highest BCUT2D eigenvalue weighted by molar-refractivity contribution is 5.67. The van der Waals surface area contributed by atoms with E-state index in [2.05, 4.69) is 0 Å². The van der Waals surface area contributed by atoms with Crippen molar-refractivity contribution in [3.05, 3.63) is 34.9 Å². The van der Waals surface area contributed by atoms with Crippen molar-refractivity contribution in [3.8, 4) is 0 Å². The fourth-order valence-electron chi connectivity index (χ4n) is 1.90. The van der Waals surface area contributed by atoms with Crippen LogP contribution in [0.2, 0.25) is 0 Å². The highest BCUT2D eigenvalue weighted by Crippen LogP contribution is 2.25. The molecular weight excluding hydrogens is 204 g/mol. The minimum atomic E-state index is -0.879. The van der Waals surface area contributed by atoms with Crippen LogP contribution >= 0.6 is 0 Å². The highest BCUT2D eigenvalue weighted by atomic mass is 16.4. The fourth-order valence-corrected chi connectivity index (χ4v) is 1.90. The van der Waals surface area contributed by atoms with E-state index in [9.17, 15) is 9.90 Å². The standard InChI is InChI=1S/C13H18O3/c1-8-4-9(2)6-11(5-8)13(16)10(3)7-12(14)15/h4-6,10,13,16H,7H2,1-3H3,(H,14,15). The number of aliphatic hydroxyl groups is 1. The van der Waals surface area contributed by atoms with Crippen molar-refractivity contribution in [2.24, 2.45) is 5.92 Å². The molecule has 0 radical (unpaired) electrons. The van der Waals surface area contributed by atoms with Crippen molar-refractivity contribution in [1.82, 2.24) is 0 Å². The Morgan fingerprint density at radius 3 is 2.19 bits per heavy atom. The molecule has 2 atom stereocenters. The minimum Gasteiger partial charge on any atom is -0.481 e. The molecule has 0 amide bonds. The molecule has 2 N–H and O–H groups in total. The third-order valence-electron chi connectivity index (χ3n) is 2.62. The van der Waals surface area contributed by atoms with Crippen LogP contribution in [0.4, 0.5) is 0 Å². The van der Waals surface area contributed by atoms with Gasteiger partial charge in [0.2, 0.25) is 0 Å². The molecule has 0 heterocycles. The van der Waals surface area contributed by atoms with Crippen LogP contribution < -0.4 is 0 Å². The molecule has 1 rings (SSSR count). The van der Waals surface area contributed by atoms with Gasteiger partial charge in [-0.2, -0.15) is 0 Å². The van der Waals surface area contributed by atoms with Crippen molar-refractivity contribution in [3.63, 3.8) is 0 Å². The Labute approximate surface area is 95.7 Å². The molecule has 2 unspecified atom stereocenters. The lowest BCUT2D eigenvalue weighted by molar-refractivity contribution is -0.139. The highest BCUT2D eigenvalue weighted by Gasteiger charge is 2.19. The van der Waals surface area contributed by atoms with Crippen molar-refractivity contribution in [2.75, 3.05) is 0 Å². The van der Waals surface area contributed by atoms with Crippen LogP contribution in [0.3, 0.4) is 0 Å². The van der Waals surface area contributed by atoms with E-state index in [0.717, 1.165) is 16.7 Å². The number of hydrogen-bond donors (Lipinski definition) is 2. The van der Waals surface area contributed by atoms with Gasteiger partial charge < -0.3 is 10.2 Å². The first-order chi connectivity index (χ1) is 7.40. The number of aliphatic hydroxyl groups excluding tert-OH is 1. The first-order valence-electron chi connectivity index (χ1n) is 5.38. The predicted octanol–water partition coefficient (Wildman–Crippen LogP) is 2.45. The van der Waals surface area contributed by atoms with Gasteiger partial charge in [0.1, 0.15) is 0 Å². The van der Waals surface area contributed by atoms with Crippen LogP contribution in [0.25, 0.3) is 0 Å². The zero-order valence-corrected chi connectivity index (χ0v) is 9.90. The van der Waals surface area contributed by atoms with E-state index < -0.39 is 12.1 Å². The molecular formula is C13H18O3.